The van der Waals surface area contributed by atoms with Gasteiger partial charge in [-0.25, -0.2) is 0 Å². The minimum Gasteiger partial charge on any atom is -0.405 e. The van der Waals surface area contributed by atoms with E-state index in [0.717, 1.165) is 37.1 Å². The van der Waals surface area contributed by atoms with Gasteiger partial charge in [-0.2, -0.15) is 0 Å². The lowest BCUT2D eigenvalue weighted by Gasteiger charge is -2.24. The van der Waals surface area contributed by atoms with Gasteiger partial charge in [-0.1, -0.05) is 53.1 Å². The molecule has 0 radical (unpaired) electrons. The summed E-state index contributed by atoms with van der Waals surface area (Å²) in [7, 11) is 0. The van der Waals surface area contributed by atoms with Crippen molar-refractivity contribution in [2.45, 2.75) is 32.2 Å². The summed E-state index contributed by atoms with van der Waals surface area (Å²) in [6.07, 6.45) is 3.49. The topological polar surface area (TPSA) is 71.3 Å². The maximum Gasteiger partial charge on any atom is 0.318 e. The number of aromatic nitrogens is 2. The lowest BCUT2D eigenvalue weighted by atomic mass is 10.1. The molecule has 6 heteroatoms. The molecule has 3 aromatic rings. The molecule has 144 valence electrons. The van der Waals surface area contributed by atoms with E-state index in [0.29, 0.717) is 17.5 Å². The summed E-state index contributed by atoms with van der Waals surface area (Å²) >= 11 is 0. The van der Waals surface area contributed by atoms with Crippen LogP contribution in [0.15, 0.2) is 59.0 Å². The van der Waals surface area contributed by atoms with E-state index in [-0.39, 0.29) is 5.91 Å². The van der Waals surface area contributed by atoms with Crippen LogP contribution in [0, 0.1) is 6.92 Å². The van der Waals surface area contributed by atoms with Gasteiger partial charge in [0.25, 0.3) is 5.91 Å². The molecular formula is C22H24N4O2. The van der Waals surface area contributed by atoms with Crippen molar-refractivity contribution in [1.82, 2.24) is 15.5 Å². The number of rotatable bonds is 5. The first kappa shape index (κ1) is 18.2. The van der Waals surface area contributed by atoms with Crippen molar-refractivity contribution in [3.05, 3.63) is 77.2 Å². The van der Waals surface area contributed by atoms with Gasteiger partial charge in [-0.3, -0.25) is 4.79 Å². The molecule has 6 nitrogen and oxygen atoms in total. The summed E-state index contributed by atoms with van der Waals surface area (Å²) in [5.74, 6) is 0.221. The van der Waals surface area contributed by atoms with E-state index < -0.39 is 6.04 Å². The number of hydrogen-bond donors (Lipinski definition) is 1. The number of piperidine rings is 1. The van der Waals surface area contributed by atoms with E-state index in [9.17, 15) is 4.79 Å². The van der Waals surface area contributed by atoms with Crippen molar-refractivity contribution in [3.63, 3.8) is 0 Å². The van der Waals surface area contributed by atoms with Crippen LogP contribution in [0.1, 0.15) is 52.7 Å². The van der Waals surface area contributed by atoms with Crippen molar-refractivity contribution < 1.29 is 9.21 Å². The van der Waals surface area contributed by atoms with Crippen LogP contribution < -0.4 is 10.2 Å². The fourth-order valence-electron chi connectivity index (χ4n) is 3.41. The number of anilines is 1. The zero-order chi connectivity index (χ0) is 19.3. The monoisotopic (exact) mass is 376 g/mol. The van der Waals surface area contributed by atoms with Crippen molar-refractivity contribution in [1.29, 1.82) is 0 Å². The SMILES string of the molecule is Cc1ccc(C(=O)NC(c2ccccc2)c2nnc(N3CCCCC3)o2)cc1. The Labute approximate surface area is 164 Å². The molecule has 0 bridgehead atoms. The van der Waals surface area contributed by atoms with Crippen LogP contribution in [-0.4, -0.2) is 29.2 Å². The molecule has 1 aromatic heterocycles. The van der Waals surface area contributed by atoms with E-state index >= 15 is 0 Å². The summed E-state index contributed by atoms with van der Waals surface area (Å²) in [4.78, 5) is 14.9. The van der Waals surface area contributed by atoms with Crippen molar-refractivity contribution in [3.8, 4) is 0 Å². The predicted octanol–water partition coefficient (Wildman–Crippen LogP) is 3.89. The minimum absolute atomic E-state index is 0.174. The first-order chi connectivity index (χ1) is 13.7. The van der Waals surface area contributed by atoms with Crippen molar-refractivity contribution >= 4 is 11.9 Å². The highest BCUT2D eigenvalue weighted by Gasteiger charge is 2.25. The number of benzene rings is 2. The summed E-state index contributed by atoms with van der Waals surface area (Å²) in [6.45, 7) is 3.84. The van der Waals surface area contributed by atoms with Crippen LogP contribution >= 0.6 is 0 Å². The first-order valence-electron chi connectivity index (χ1n) is 9.71. The Morgan fingerprint density at radius 3 is 2.43 bits per heavy atom. The Balaban J connectivity index is 1.60. The molecule has 0 spiro atoms. The van der Waals surface area contributed by atoms with E-state index in [4.69, 9.17) is 4.42 Å². The number of hydrogen-bond acceptors (Lipinski definition) is 5. The maximum atomic E-state index is 12.8. The first-order valence-corrected chi connectivity index (χ1v) is 9.71. The number of carbonyl (C=O) groups excluding carboxylic acids is 1. The quantitative estimate of drug-likeness (QED) is 0.731. The molecule has 1 aliphatic heterocycles. The number of nitrogens with zero attached hydrogens (tertiary/aromatic N) is 3. The highest BCUT2D eigenvalue weighted by molar-refractivity contribution is 5.94. The standard InChI is InChI=1S/C22H24N4O2/c1-16-10-12-18(13-11-16)20(27)23-19(17-8-4-2-5-9-17)21-24-25-22(28-21)26-14-6-3-7-15-26/h2,4-5,8-13,19H,3,6-7,14-15H2,1H3,(H,23,27). The lowest BCUT2D eigenvalue weighted by Crippen LogP contribution is -2.30. The van der Waals surface area contributed by atoms with Gasteiger partial charge in [-0.15, -0.1) is 5.10 Å². The average molecular weight is 376 g/mol. The van der Waals surface area contributed by atoms with Crippen molar-refractivity contribution in [2.24, 2.45) is 0 Å². The van der Waals surface area contributed by atoms with Gasteiger partial charge in [0, 0.05) is 18.7 Å². The van der Waals surface area contributed by atoms with E-state index in [2.05, 4.69) is 20.4 Å². The second-order valence-corrected chi connectivity index (χ2v) is 7.15. The molecule has 1 amide bonds. The Morgan fingerprint density at radius 1 is 1.00 bits per heavy atom. The third kappa shape index (κ3) is 4.06. The fourth-order valence-corrected chi connectivity index (χ4v) is 3.41. The second kappa shape index (κ2) is 8.25. The summed E-state index contributed by atoms with van der Waals surface area (Å²) in [6, 6.07) is 17.2. The van der Waals surface area contributed by atoms with Crippen LogP contribution in [0.4, 0.5) is 6.01 Å². The number of carbonyl (C=O) groups is 1. The lowest BCUT2D eigenvalue weighted by molar-refractivity contribution is 0.0938. The summed E-state index contributed by atoms with van der Waals surface area (Å²) in [5.41, 5.74) is 2.61. The Morgan fingerprint density at radius 2 is 1.71 bits per heavy atom. The van der Waals surface area contributed by atoms with Gasteiger partial charge in [0.15, 0.2) is 0 Å². The van der Waals surface area contributed by atoms with Crippen LogP contribution in [0.2, 0.25) is 0 Å². The molecule has 1 unspecified atom stereocenters. The Bertz CT molecular complexity index is 915. The minimum atomic E-state index is -0.499. The molecule has 1 N–H and O–H groups in total. The van der Waals surface area contributed by atoms with E-state index in [1.54, 1.807) is 0 Å². The zero-order valence-electron chi connectivity index (χ0n) is 16.0. The molecule has 1 atom stereocenters. The molecule has 1 fully saturated rings. The van der Waals surface area contributed by atoms with Crippen LogP contribution in [0.25, 0.3) is 0 Å². The summed E-state index contributed by atoms with van der Waals surface area (Å²) in [5, 5.41) is 11.5. The average Bonchev–Trinajstić information content (AvgIpc) is 3.23. The third-order valence-electron chi connectivity index (χ3n) is 5.03. The molecule has 0 saturated carbocycles. The molecule has 2 aromatic carbocycles. The summed E-state index contributed by atoms with van der Waals surface area (Å²) < 4.78 is 5.98. The van der Waals surface area contributed by atoms with Gasteiger partial charge in [-0.05, 0) is 43.9 Å². The largest absolute Gasteiger partial charge is 0.405 e. The molecule has 2 heterocycles. The van der Waals surface area contributed by atoms with Crippen molar-refractivity contribution in [2.75, 3.05) is 18.0 Å². The molecule has 4 rings (SSSR count). The molecule has 0 aliphatic carbocycles. The van der Waals surface area contributed by atoms with Gasteiger partial charge in [0.05, 0.1) is 0 Å². The normalized spacial score (nSPS) is 15.2. The number of amides is 1. The highest BCUT2D eigenvalue weighted by atomic mass is 16.4. The maximum absolute atomic E-state index is 12.8. The van der Waals surface area contributed by atoms with Crippen LogP contribution in [0.5, 0.6) is 0 Å². The predicted molar refractivity (Wildman–Crippen MR) is 107 cm³/mol. The Kier molecular flexibility index (Phi) is 5.37. The number of aryl methyl sites for hydroxylation is 1. The van der Waals surface area contributed by atoms with Gasteiger partial charge in [0.2, 0.25) is 5.89 Å². The van der Waals surface area contributed by atoms with Crippen LogP contribution in [0.3, 0.4) is 0 Å². The second-order valence-electron chi connectivity index (χ2n) is 7.15. The van der Waals surface area contributed by atoms with E-state index in [1.165, 1.54) is 6.42 Å². The molecule has 1 aliphatic rings. The molecule has 28 heavy (non-hydrogen) atoms. The number of nitrogens with one attached hydrogen (secondary N) is 1. The fraction of sp³-hybridized carbons (Fsp3) is 0.318. The van der Waals surface area contributed by atoms with Gasteiger partial charge < -0.3 is 14.6 Å². The van der Waals surface area contributed by atoms with E-state index in [1.807, 2.05) is 61.5 Å². The highest BCUT2D eigenvalue weighted by Crippen LogP contribution is 2.25. The molecule has 1 saturated heterocycles. The van der Waals surface area contributed by atoms with Crippen LogP contribution in [-0.2, 0) is 0 Å². The zero-order valence-corrected chi connectivity index (χ0v) is 16.0. The Hall–Kier alpha value is -3.15. The third-order valence-corrected chi connectivity index (χ3v) is 5.03. The molecular weight excluding hydrogens is 352 g/mol. The smallest absolute Gasteiger partial charge is 0.318 e. The van der Waals surface area contributed by atoms with Gasteiger partial charge >= 0.3 is 6.01 Å². The van der Waals surface area contributed by atoms with Gasteiger partial charge in [0.1, 0.15) is 6.04 Å².